The molecule has 0 spiro atoms. The van der Waals surface area contributed by atoms with E-state index in [-0.39, 0.29) is 23.2 Å². The molecule has 0 bridgehead atoms. The normalized spacial score (nSPS) is 18.3. The van der Waals surface area contributed by atoms with Crippen LogP contribution in [0.3, 0.4) is 0 Å². The number of hydrogen-bond acceptors (Lipinski definition) is 4. The summed E-state index contributed by atoms with van der Waals surface area (Å²) in [4.78, 5) is 12.4. The summed E-state index contributed by atoms with van der Waals surface area (Å²) in [6.45, 7) is 11.6. The summed E-state index contributed by atoms with van der Waals surface area (Å²) < 4.78 is 11.2. The molecule has 0 saturated heterocycles. The van der Waals surface area contributed by atoms with E-state index in [0.717, 1.165) is 12.0 Å². The topological polar surface area (TPSA) is 59.9 Å². The fourth-order valence-corrected chi connectivity index (χ4v) is 3.48. The van der Waals surface area contributed by atoms with Gasteiger partial charge in [-0.3, -0.25) is 4.79 Å². The third-order valence-corrected chi connectivity index (χ3v) is 5.29. The van der Waals surface area contributed by atoms with Crippen LogP contribution in [0.25, 0.3) is 0 Å². The first kappa shape index (κ1) is 21.9. The maximum Gasteiger partial charge on any atom is 0.243 e. The summed E-state index contributed by atoms with van der Waals surface area (Å²) in [6, 6.07) is 14.2. The van der Waals surface area contributed by atoms with Crippen LogP contribution in [0.15, 0.2) is 47.6 Å². The Morgan fingerprint density at radius 1 is 1.07 bits per heavy atom. The van der Waals surface area contributed by atoms with Gasteiger partial charge in [-0.05, 0) is 66.5 Å². The second-order valence-corrected chi connectivity index (χ2v) is 8.63. The van der Waals surface area contributed by atoms with Crippen LogP contribution in [0.5, 0.6) is 11.5 Å². The van der Waals surface area contributed by atoms with Crippen molar-refractivity contribution in [3.8, 4) is 11.5 Å². The van der Waals surface area contributed by atoms with Gasteiger partial charge < -0.3 is 9.47 Å². The van der Waals surface area contributed by atoms with Crippen LogP contribution in [0.4, 0.5) is 0 Å². The molecule has 2 aromatic rings. The molecule has 5 nitrogen and oxygen atoms in total. The van der Waals surface area contributed by atoms with Crippen molar-refractivity contribution < 1.29 is 14.3 Å². The fourth-order valence-electron chi connectivity index (χ4n) is 3.48. The van der Waals surface area contributed by atoms with Gasteiger partial charge in [-0.25, -0.2) is 5.43 Å². The summed E-state index contributed by atoms with van der Waals surface area (Å²) in [5, 5.41) is 4.13. The maximum absolute atomic E-state index is 12.4. The van der Waals surface area contributed by atoms with Gasteiger partial charge in [-0.1, -0.05) is 45.0 Å². The van der Waals surface area contributed by atoms with Crippen LogP contribution >= 0.6 is 0 Å². The molecular formula is C25H32N2O3. The van der Waals surface area contributed by atoms with Gasteiger partial charge in [0.15, 0.2) is 11.5 Å². The third-order valence-electron chi connectivity index (χ3n) is 5.29. The number of rotatable bonds is 8. The highest BCUT2D eigenvalue weighted by atomic mass is 16.5. The molecule has 1 fully saturated rings. The molecule has 2 aromatic carbocycles. The summed E-state index contributed by atoms with van der Waals surface area (Å²) in [7, 11) is 0. The van der Waals surface area contributed by atoms with Gasteiger partial charge in [0.05, 0.1) is 19.4 Å². The molecule has 0 unspecified atom stereocenters. The van der Waals surface area contributed by atoms with Crippen LogP contribution in [0.1, 0.15) is 63.6 Å². The molecule has 30 heavy (non-hydrogen) atoms. The van der Waals surface area contributed by atoms with Gasteiger partial charge in [0.25, 0.3) is 0 Å². The van der Waals surface area contributed by atoms with Crippen molar-refractivity contribution in [3.63, 3.8) is 0 Å². The molecule has 3 rings (SSSR count). The van der Waals surface area contributed by atoms with E-state index >= 15 is 0 Å². The minimum Gasteiger partial charge on any atom is -0.490 e. The number of carbonyl (C=O) groups is 1. The van der Waals surface area contributed by atoms with Crippen molar-refractivity contribution in [3.05, 3.63) is 59.2 Å². The Morgan fingerprint density at radius 2 is 1.73 bits per heavy atom. The monoisotopic (exact) mass is 408 g/mol. The zero-order valence-corrected chi connectivity index (χ0v) is 18.6. The quantitative estimate of drug-likeness (QED) is 0.492. The Balaban J connectivity index is 1.56. The van der Waals surface area contributed by atoms with Gasteiger partial charge in [-0.2, -0.15) is 5.10 Å². The lowest BCUT2D eigenvalue weighted by Crippen LogP contribution is -2.20. The van der Waals surface area contributed by atoms with Gasteiger partial charge in [0.1, 0.15) is 0 Å². The number of hydrazone groups is 1. The summed E-state index contributed by atoms with van der Waals surface area (Å²) >= 11 is 0. The van der Waals surface area contributed by atoms with Gasteiger partial charge in [-0.15, -0.1) is 0 Å². The number of nitrogens with zero attached hydrogens (tertiary/aromatic N) is 1. The lowest BCUT2D eigenvalue weighted by Gasteiger charge is -2.19. The molecule has 1 saturated carbocycles. The van der Waals surface area contributed by atoms with E-state index in [2.05, 4.69) is 55.6 Å². The predicted molar refractivity (Wildman–Crippen MR) is 121 cm³/mol. The van der Waals surface area contributed by atoms with Crippen molar-refractivity contribution in [2.45, 2.75) is 52.4 Å². The zero-order valence-electron chi connectivity index (χ0n) is 18.6. The molecule has 0 aliphatic heterocycles. The lowest BCUT2D eigenvalue weighted by atomic mass is 9.86. The molecule has 5 heteroatoms. The first-order valence-corrected chi connectivity index (χ1v) is 10.7. The van der Waals surface area contributed by atoms with E-state index in [9.17, 15) is 4.79 Å². The molecule has 1 aliphatic carbocycles. The van der Waals surface area contributed by atoms with E-state index < -0.39 is 0 Å². The summed E-state index contributed by atoms with van der Waals surface area (Å²) in [5.74, 6) is 1.62. The van der Waals surface area contributed by atoms with E-state index in [4.69, 9.17) is 9.47 Å². The second-order valence-electron chi connectivity index (χ2n) is 8.63. The third kappa shape index (κ3) is 5.41. The van der Waals surface area contributed by atoms with E-state index in [1.165, 1.54) is 11.1 Å². The number of nitrogens with one attached hydrogen (secondary N) is 1. The first-order valence-electron chi connectivity index (χ1n) is 10.7. The molecule has 1 aliphatic rings. The molecule has 0 heterocycles. The van der Waals surface area contributed by atoms with Crippen LogP contribution < -0.4 is 14.9 Å². The molecule has 2 atom stereocenters. The van der Waals surface area contributed by atoms with Gasteiger partial charge >= 0.3 is 0 Å². The SMILES string of the molecule is CCOc1ccc(C=NNC(=O)[C@@H]2C[C@@H]2c2ccc(C(C)(C)C)cc2)cc1OCC. The van der Waals surface area contributed by atoms with Gasteiger partial charge in [0, 0.05) is 5.92 Å². The molecule has 0 radical (unpaired) electrons. The second kappa shape index (κ2) is 9.33. The van der Waals surface area contributed by atoms with Crippen LogP contribution in [0.2, 0.25) is 0 Å². The highest BCUT2D eigenvalue weighted by Crippen LogP contribution is 2.47. The van der Waals surface area contributed by atoms with Crippen LogP contribution in [0, 0.1) is 5.92 Å². The average Bonchev–Trinajstić information content (AvgIpc) is 3.51. The van der Waals surface area contributed by atoms with Crippen molar-refractivity contribution >= 4 is 12.1 Å². The highest BCUT2D eigenvalue weighted by Gasteiger charge is 2.44. The van der Waals surface area contributed by atoms with Crippen LogP contribution in [-0.4, -0.2) is 25.3 Å². The Labute approximate surface area is 179 Å². The lowest BCUT2D eigenvalue weighted by molar-refractivity contribution is -0.122. The number of carbonyl (C=O) groups excluding carboxylic acids is 1. The Kier molecular flexibility index (Phi) is 6.80. The number of amides is 1. The van der Waals surface area contributed by atoms with E-state index in [0.29, 0.717) is 24.7 Å². The molecule has 160 valence electrons. The Morgan fingerprint density at radius 3 is 2.37 bits per heavy atom. The average molecular weight is 409 g/mol. The number of ether oxygens (including phenoxy) is 2. The van der Waals surface area contributed by atoms with Crippen molar-refractivity contribution in [2.75, 3.05) is 13.2 Å². The van der Waals surface area contributed by atoms with Crippen LogP contribution in [-0.2, 0) is 10.2 Å². The standard InChI is InChI=1S/C25H32N2O3/c1-6-29-22-13-8-17(14-23(22)30-7-2)16-26-27-24(28)21-15-20(21)18-9-11-19(12-10-18)25(3,4)5/h8-14,16,20-21H,6-7,15H2,1-5H3,(H,27,28)/t20-,21-/m1/s1. The highest BCUT2D eigenvalue weighted by molar-refractivity contribution is 5.86. The largest absolute Gasteiger partial charge is 0.490 e. The maximum atomic E-state index is 12.4. The Hall–Kier alpha value is -2.82. The summed E-state index contributed by atoms with van der Waals surface area (Å²) in [5.41, 5.74) is 6.18. The molecule has 1 amide bonds. The van der Waals surface area contributed by atoms with Crippen molar-refractivity contribution in [2.24, 2.45) is 11.0 Å². The van der Waals surface area contributed by atoms with E-state index in [1.807, 2.05) is 32.0 Å². The molecular weight excluding hydrogens is 376 g/mol. The first-order chi connectivity index (χ1) is 14.3. The van der Waals surface area contributed by atoms with Crippen molar-refractivity contribution in [1.82, 2.24) is 5.43 Å². The fraction of sp³-hybridized carbons (Fsp3) is 0.440. The molecule has 0 aromatic heterocycles. The summed E-state index contributed by atoms with van der Waals surface area (Å²) in [6.07, 6.45) is 2.50. The smallest absolute Gasteiger partial charge is 0.243 e. The van der Waals surface area contributed by atoms with Crippen molar-refractivity contribution in [1.29, 1.82) is 0 Å². The van der Waals surface area contributed by atoms with Gasteiger partial charge in [0.2, 0.25) is 5.91 Å². The number of benzene rings is 2. The minimum atomic E-state index is -0.0351. The number of hydrogen-bond donors (Lipinski definition) is 1. The molecule has 1 N–H and O–H groups in total. The Bertz CT molecular complexity index is 898. The minimum absolute atomic E-state index is 0.0121. The predicted octanol–water partition coefficient (Wildman–Crippen LogP) is 5.04. The zero-order chi connectivity index (χ0) is 21.7. The van der Waals surface area contributed by atoms with E-state index in [1.54, 1.807) is 6.21 Å².